The van der Waals surface area contributed by atoms with E-state index in [1.807, 2.05) is 0 Å². The summed E-state index contributed by atoms with van der Waals surface area (Å²) in [6.45, 7) is 4.54. The summed E-state index contributed by atoms with van der Waals surface area (Å²) in [4.78, 5) is 52.0. The van der Waals surface area contributed by atoms with E-state index in [9.17, 15) is 19.2 Å². The van der Waals surface area contributed by atoms with Crippen molar-refractivity contribution in [2.45, 2.75) is 64.8 Å². The highest BCUT2D eigenvalue weighted by atomic mass is 16.5. The third-order valence-corrected chi connectivity index (χ3v) is 7.13. The van der Waals surface area contributed by atoms with Crippen LogP contribution in [0.25, 0.3) is 0 Å². The molecule has 4 saturated carbocycles. The molecule has 9 nitrogen and oxygen atoms in total. The number of amides is 3. The predicted molar refractivity (Wildman–Crippen MR) is 114 cm³/mol. The molecule has 32 heavy (non-hydrogen) atoms. The van der Waals surface area contributed by atoms with Gasteiger partial charge in [0.05, 0.1) is 12.2 Å². The summed E-state index contributed by atoms with van der Waals surface area (Å²) in [5.74, 6) is 0.00771. The number of esters is 2. The summed E-state index contributed by atoms with van der Waals surface area (Å²) >= 11 is 0. The number of urea groups is 1. The molecule has 4 aliphatic carbocycles. The minimum absolute atomic E-state index is 0.177. The first-order chi connectivity index (χ1) is 15.2. The molecule has 1 heterocycles. The average molecular weight is 446 g/mol. The second-order valence-electron chi connectivity index (χ2n) is 9.62. The van der Waals surface area contributed by atoms with Crippen molar-refractivity contribution in [3.8, 4) is 0 Å². The number of hydrogen-bond acceptors (Lipinski definition) is 6. The van der Waals surface area contributed by atoms with E-state index in [0.717, 1.165) is 19.3 Å². The van der Waals surface area contributed by atoms with Gasteiger partial charge in [0.2, 0.25) is 0 Å². The van der Waals surface area contributed by atoms with Crippen molar-refractivity contribution in [3.05, 3.63) is 22.5 Å². The standard InChI is InChI=1S/C23H31N3O6/c1-4-31-21(29)19-12(2)18(13(3)24-19)20(28)32-11-17(27)25-22(30)26-23-8-14-5-15(9-23)7-16(6-14)10-23/h14-16,24H,4-11H2,1-3H3,(H2,25,26,27,30). The van der Waals surface area contributed by atoms with Crippen molar-refractivity contribution in [1.29, 1.82) is 0 Å². The Morgan fingerprint density at radius 3 is 2.12 bits per heavy atom. The van der Waals surface area contributed by atoms with Crippen LogP contribution >= 0.6 is 0 Å². The summed E-state index contributed by atoms with van der Waals surface area (Å²) in [7, 11) is 0. The van der Waals surface area contributed by atoms with Gasteiger partial charge < -0.3 is 19.8 Å². The first-order valence-corrected chi connectivity index (χ1v) is 11.3. The predicted octanol–water partition coefficient (Wildman–Crippen LogP) is 2.76. The Morgan fingerprint density at radius 2 is 1.56 bits per heavy atom. The van der Waals surface area contributed by atoms with Crippen LogP contribution in [0, 0.1) is 31.6 Å². The molecule has 174 valence electrons. The van der Waals surface area contributed by atoms with Crippen LogP contribution in [0.1, 0.15) is 77.6 Å². The van der Waals surface area contributed by atoms with E-state index in [1.165, 1.54) is 19.3 Å². The molecule has 0 radical (unpaired) electrons. The molecule has 1 aromatic heterocycles. The Hall–Kier alpha value is -2.84. The van der Waals surface area contributed by atoms with Crippen molar-refractivity contribution in [3.63, 3.8) is 0 Å². The molecule has 9 heteroatoms. The molecule has 4 bridgehead atoms. The quantitative estimate of drug-likeness (QED) is 0.578. The molecule has 0 unspecified atom stereocenters. The van der Waals surface area contributed by atoms with Crippen LogP contribution in [0.5, 0.6) is 0 Å². The number of rotatable bonds is 6. The summed E-state index contributed by atoms with van der Waals surface area (Å²) in [6, 6.07) is -0.536. The van der Waals surface area contributed by atoms with Crippen molar-refractivity contribution in [1.82, 2.24) is 15.6 Å². The van der Waals surface area contributed by atoms with Gasteiger partial charge in [-0.1, -0.05) is 0 Å². The van der Waals surface area contributed by atoms with Crippen molar-refractivity contribution in [2.75, 3.05) is 13.2 Å². The molecule has 1 aromatic rings. The number of carbonyl (C=O) groups excluding carboxylic acids is 4. The largest absolute Gasteiger partial charge is 0.461 e. The number of aromatic amines is 1. The van der Waals surface area contributed by atoms with Crippen LogP contribution < -0.4 is 10.6 Å². The van der Waals surface area contributed by atoms with Crippen LogP contribution in [0.3, 0.4) is 0 Å². The summed E-state index contributed by atoms with van der Waals surface area (Å²) in [5.41, 5.74) is 0.981. The number of aromatic nitrogens is 1. The lowest BCUT2D eigenvalue weighted by Crippen LogP contribution is -2.62. The zero-order valence-corrected chi connectivity index (χ0v) is 18.8. The highest BCUT2D eigenvalue weighted by Gasteiger charge is 2.51. The minimum atomic E-state index is -0.747. The van der Waals surface area contributed by atoms with Crippen LogP contribution in [0.2, 0.25) is 0 Å². The monoisotopic (exact) mass is 445 g/mol. The van der Waals surface area contributed by atoms with Crippen LogP contribution in [-0.4, -0.2) is 47.6 Å². The molecule has 5 rings (SSSR count). The summed E-state index contributed by atoms with van der Waals surface area (Å²) in [6.07, 6.45) is 6.70. The number of H-pyrrole nitrogens is 1. The molecule has 0 saturated heterocycles. The third-order valence-electron chi connectivity index (χ3n) is 7.13. The molecular weight excluding hydrogens is 414 g/mol. The van der Waals surface area contributed by atoms with Gasteiger partial charge in [0.15, 0.2) is 6.61 Å². The van der Waals surface area contributed by atoms with Crippen LogP contribution in [-0.2, 0) is 14.3 Å². The Bertz CT molecular complexity index is 914. The molecule has 0 aromatic carbocycles. The van der Waals surface area contributed by atoms with Crippen LogP contribution in [0.15, 0.2) is 0 Å². The van der Waals surface area contributed by atoms with E-state index >= 15 is 0 Å². The van der Waals surface area contributed by atoms with E-state index in [0.29, 0.717) is 29.0 Å². The third kappa shape index (κ3) is 4.38. The van der Waals surface area contributed by atoms with Crippen LogP contribution in [0.4, 0.5) is 4.79 Å². The molecule has 0 aliphatic heterocycles. The van der Waals surface area contributed by atoms with Gasteiger partial charge in [-0.25, -0.2) is 14.4 Å². The van der Waals surface area contributed by atoms with Crippen molar-refractivity contribution < 1.29 is 28.7 Å². The minimum Gasteiger partial charge on any atom is -0.461 e. The fourth-order valence-electron chi connectivity index (χ4n) is 6.37. The topological polar surface area (TPSA) is 127 Å². The lowest BCUT2D eigenvalue weighted by molar-refractivity contribution is -0.123. The second-order valence-corrected chi connectivity index (χ2v) is 9.62. The molecule has 4 aliphatic rings. The normalized spacial score (nSPS) is 27.7. The Kier molecular flexibility index (Phi) is 6.01. The summed E-state index contributed by atoms with van der Waals surface area (Å²) < 4.78 is 10.1. The fourth-order valence-corrected chi connectivity index (χ4v) is 6.37. The molecule has 3 amide bonds. The number of nitrogens with one attached hydrogen (secondary N) is 3. The number of ether oxygens (including phenoxy) is 2. The van der Waals surface area contributed by atoms with Gasteiger partial charge in [0.1, 0.15) is 5.69 Å². The zero-order valence-electron chi connectivity index (χ0n) is 18.8. The van der Waals surface area contributed by atoms with Gasteiger partial charge in [-0.05, 0) is 82.6 Å². The molecular formula is C23H31N3O6. The Labute approximate surface area is 187 Å². The molecule has 4 fully saturated rings. The van der Waals surface area contributed by atoms with Gasteiger partial charge in [0.25, 0.3) is 5.91 Å². The Balaban J connectivity index is 1.29. The van der Waals surface area contributed by atoms with Crippen molar-refractivity contribution in [2.24, 2.45) is 17.8 Å². The van der Waals surface area contributed by atoms with Gasteiger partial charge in [-0.2, -0.15) is 0 Å². The lowest BCUT2D eigenvalue weighted by Gasteiger charge is -2.56. The maximum absolute atomic E-state index is 12.5. The van der Waals surface area contributed by atoms with E-state index < -0.39 is 30.5 Å². The van der Waals surface area contributed by atoms with Gasteiger partial charge in [-0.15, -0.1) is 0 Å². The molecule has 3 N–H and O–H groups in total. The second kappa shape index (κ2) is 8.60. The fraction of sp³-hybridized carbons (Fsp3) is 0.652. The van der Waals surface area contributed by atoms with Gasteiger partial charge >= 0.3 is 18.0 Å². The number of imide groups is 1. The van der Waals surface area contributed by atoms with Gasteiger partial charge in [0, 0.05) is 11.2 Å². The number of carbonyl (C=O) groups is 4. The van der Waals surface area contributed by atoms with Gasteiger partial charge in [-0.3, -0.25) is 10.1 Å². The highest BCUT2D eigenvalue weighted by Crippen LogP contribution is 2.55. The Morgan fingerprint density at radius 1 is 0.969 bits per heavy atom. The van der Waals surface area contributed by atoms with E-state index in [1.54, 1.807) is 20.8 Å². The van der Waals surface area contributed by atoms with E-state index in [4.69, 9.17) is 9.47 Å². The SMILES string of the molecule is CCOC(=O)c1[nH]c(C)c(C(=O)OCC(=O)NC(=O)NC23CC4CC(CC(C4)C2)C3)c1C. The average Bonchev–Trinajstić information content (AvgIpc) is 2.99. The first-order valence-electron chi connectivity index (χ1n) is 11.3. The molecule has 0 spiro atoms. The number of hydrogen-bond donors (Lipinski definition) is 3. The van der Waals surface area contributed by atoms with Crippen molar-refractivity contribution >= 4 is 23.9 Å². The smallest absolute Gasteiger partial charge is 0.355 e. The number of aryl methyl sites for hydroxylation is 1. The maximum Gasteiger partial charge on any atom is 0.355 e. The summed E-state index contributed by atoms with van der Waals surface area (Å²) in [5, 5.41) is 5.34. The van der Waals surface area contributed by atoms with E-state index in [-0.39, 0.29) is 23.4 Å². The molecule has 0 atom stereocenters. The highest BCUT2D eigenvalue weighted by molar-refractivity contribution is 6.00. The zero-order chi connectivity index (χ0) is 23.0. The lowest BCUT2D eigenvalue weighted by atomic mass is 9.53. The first kappa shape index (κ1) is 22.4. The maximum atomic E-state index is 12.5. The van der Waals surface area contributed by atoms with E-state index in [2.05, 4.69) is 15.6 Å².